The first-order valence-corrected chi connectivity index (χ1v) is 6.90. The lowest BCUT2D eigenvalue weighted by atomic mass is 10.1. The summed E-state index contributed by atoms with van der Waals surface area (Å²) in [6, 6.07) is 0. The minimum Gasteiger partial charge on any atom is -0.300 e. The number of Topliss-reactive ketones (excluding diaryl/α,β-unsaturated/α-hetero) is 1. The van der Waals surface area contributed by atoms with Gasteiger partial charge in [0.1, 0.15) is 5.78 Å². The number of rotatable bonds is 3. The van der Waals surface area contributed by atoms with Gasteiger partial charge in [0, 0.05) is 18.5 Å². The number of carbonyl (C=O) groups excluding carboxylic acids is 1. The molecule has 0 aliphatic carbocycles. The van der Waals surface area contributed by atoms with E-state index in [1.165, 1.54) is 5.57 Å². The van der Waals surface area contributed by atoms with Gasteiger partial charge in [-0.15, -0.1) is 7.92 Å². The summed E-state index contributed by atoms with van der Waals surface area (Å²) in [5.41, 5.74) is 1.60. The molecule has 0 N–H and O–H groups in total. The van der Waals surface area contributed by atoms with Crippen molar-refractivity contribution in [3.63, 3.8) is 0 Å². The Morgan fingerprint density at radius 1 is 1.57 bits per heavy atom. The largest absolute Gasteiger partial charge is 0.300 e. The Kier molecular flexibility index (Phi) is 4.28. The molecule has 1 aliphatic rings. The molecule has 14 heavy (non-hydrogen) atoms. The van der Waals surface area contributed by atoms with Gasteiger partial charge in [-0.2, -0.15) is 0 Å². The van der Waals surface area contributed by atoms with Crippen molar-refractivity contribution >= 4 is 13.7 Å². The van der Waals surface area contributed by atoms with E-state index in [1.807, 2.05) is 12.2 Å². The third-order valence-corrected chi connectivity index (χ3v) is 5.10. The van der Waals surface area contributed by atoms with Crippen molar-refractivity contribution in [3.05, 3.63) is 37.0 Å². The summed E-state index contributed by atoms with van der Waals surface area (Å²) in [5.74, 6) is 0.396. The first kappa shape index (κ1) is 11.4. The zero-order valence-corrected chi connectivity index (χ0v) is 9.59. The highest BCUT2D eigenvalue weighted by molar-refractivity contribution is 7.58. The van der Waals surface area contributed by atoms with Crippen LogP contribution < -0.4 is 0 Å². The first-order chi connectivity index (χ1) is 6.69. The molecule has 0 bridgehead atoms. The molecule has 0 radical (unpaired) electrons. The van der Waals surface area contributed by atoms with Crippen LogP contribution in [0.25, 0.3) is 0 Å². The smallest absolute Gasteiger partial charge is 0.134 e. The normalized spacial score (nSPS) is 28.6. The Labute approximate surface area is 87.3 Å². The quantitative estimate of drug-likeness (QED) is 0.514. The zero-order valence-electron chi connectivity index (χ0n) is 8.70. The average Bonchev–Trinajstić information content (AvgIpc) is 2.18. The van der Waals surface area contributed by atoms with Gasteiger partial charge < -0.3 is 0 Å². The van der Waals surface area contributed by atoms with E-state index in [4.69, 9.17) is 0 Å². The first-order valence-electron chi connectivity index (χ1n) is 4.86. The van der Waals surface area contributed by atoms with Gasteiger partial charge in [0.2, 0.25) is 0 Å². The standard InChI is InChI=1S/C12H17OP/c1-4-6-10(5-2)12-9-11(13)7-8-14(12)3/h4-6,12H,1-2,7-9H2,3H3/b10-6+. The van der Waals surface area contributed by atoms with Gasteiger partial charge in [-0.05, 0) is 18.4 Å². The van der Waals surface area contributed by atoms with Crippen LogP contribution in [0.4, 0.5) is 0 Å². The molecular formula is C12H17OP. The molecule has 2 heteroatoms. The molecule has 2 unspecified atom stereocenters. The van der Waals surface area contributed by atoms with Gasteiger partial charge in [0.15, 0.2) is 0 Å². The van der Waals surface area contributed by atoms with Crippen molar-refractivity contribution in [2.24, 2.45) is 0 Å². The van der Waals surface area contributed by atoms with Crippen molar-refractivity contribution in [3.8, 4) is 0 Å². The summed E-state index contributed by atoms with van der Waals surface area (Å²) in [6.07, 6.45) is 8.17. The number of ketones is 1. The lowest BCUT2D eigenvalue weighted by molar-refractivity contribution is -0.118. The minimum absolute atomic E-state index is 0.0466. The van der Waals surface area contributed by atoms with Crippen LogP contribution in [-0.2, 0) is 4.79 Å². The highest BCUT2D eigenvalue weighted by Gasteiger charge is 2.27. The van der Waals surface area contributed by atoms with Crippen molar-refractivity contribution < 1.29 is 4.79 Å². The maximum absolute atomic E-state index is 11.4. The molecule has 1 saturated heterocycles. The van der Waals surface area contributed by atoms with Gasteiger partial charge in [-0.3, -0.25) is 4.79 Å². The molecule has 1 aliphatic heterocycles. The Balaban J connectivity index is 2.81. The second kappa shape index (κ2) is 5.26. The maximum atomic E-state index is 11.4. The SMILES string of the molecule is C=C/C=C(\C=C)C1CC(=O)CCP1C. The second-order valence-electron chi connectivity index (χ2n) is 3.60. The molecule has 1 heterocycles. The molecule has 0 aromatic heterocycles. The Hall–Kier alpha value is -0.680. The highest BCUT2D eigenvalue weighted by atomic mass is 31.1. The molecule has 2 atom stereocenters. The topological polar surface area (TPSA) is 17.1 Å². The lowest BCUT2D eigenvalue weighted by Crippen LogP contribution is -2.21. The predicted octanol–water partition coefficient (Wildman–Crippen LogP) is 3.13. The monoisotopic (exact) mass is 208 g/mol. The molecule has 76 valence electrons. The molecule has 0 saturated carbocycles. The van der Waals surface area contributed by atoms with E-state index in [1.54, 1.807) is 6.08 Å². The molecule has 0 aromatic carbocycles. The summed E-state index contributed by atoms with van der Waals surface area (Å²) in [4.78, 5) is 11.4. The minimum atomic E-state index is -0.0466. The highest BCUT2D eigenvalue weighted by Crippen LogP contribution is 2.47. The Bertz CT molecular complexity index is 278. The fraction of sp³-hybridized carbons (Fsp3) is 0.417. The summed E-state index contributed by atoms with van der Waals surface area (Å²) >= 11 is 0. The van der Waals surface area contributed by atoms with E-state index in [0.717, 1.165) is 12.6 Å². The lowest BCUT2D eigenvalue weighted by Gasteiger charge is -2.29. The van der Waals surface area contributed by atoms with Crippen LogP contribution in [0.3, 0.4) is 0 Å². The average molecular weight is 208 g/mol. The van der Waals surface area contributed by atoms with E-state index in [2.05, 4.69) is 19.8 Å². The molecular weight excluding hydrogens is 191 g/mol. The number of allylic oxidation sites excluding steroid dienone is 4. The van der Waals surface area contributed by atoms with Crippen molar-refractivity contribution in [2.75, 3.05) is 12.8 Å². The molecule has 1 rings (SSSR count). The van der Waals surface area contributed by atoms with E-state index in [0.29, 0.717) is 17.9 Å². The Morgan fingerprint density at radius 3 is 2.86 bits per heavy atom. The molecule has 1 nitrogen and oxygen atoms in total. The summed E-state index contributed by atoms with van der Waals surface area (Å²) in [5, 5.41) is 0. The van der Waals surface area contributed by atoms with E-state index < -0.39 is 0 Å². The van der Waals surface area contributed by atoms with Crippen molar-refractivity contribution in [1.82, 2.24) is 0 Å². The summed E-state index contributed by atoms with van der Waals surface area (Å²) in [7, 11) is -0.0466. The van der Waals surface area contributed by atoms with Crippen LogP contribution in [0.1, 0.15) is 12.8 Å². The number of carbonyl (C=O) groups is 1. The maximum Gasteiger partial charge on any atom is 0.134 e. The van der Waals surface area contributed by atoms with Gasteiger partial charge in [0.05, 0.1) is 0 Å². The van der Waals surface area contributed by atoms with E-state index in [-0.39, 0.29) is 7.92 Å². The van der Waals surface area contributed by atoms with Crippen LogP contribution in [0.15, 0.2) is 37.0 Å². The molecule has 1 fully saturated rings. The fourth-order valence-electron chi connectivity index (χ4n) is 1.75. The van der Waals surface area contributed by atoms with Gasteiger partial charge in [-0.1, -0.05) is 31.4 Å². The van der Waals surface area contributed by atoms with Crippen LogP contribution in [0, 0.1) is 0 Å². The molecule has 0 spiro atoms. The van der Waals surface area contributed by atoms with E-state index in [9.17, 15) is 4.79 Å². The molecule has 0 aromatic rings. The van der Waals surface area contributed by atoms with Crippen molar-refractivity contribution in [2.45, 2.75) is 18.5 Å². The predicted molar refractivity (Wildman–Crippen MR) is 64.2 cm³/mol. The Morgan fingerprint density at radius 2 is 2.29 bits per heavy atom. The van der Waals surface area contributed by atoms with Crippen LogP contribution >= 0.6 is 7.92 Å². The van der Waals surface area contributed by atoms with E-state index >= 15 is 0 Å². The zero-order chi connectivity index (χ0) is 10.6. The second-order valence-corrected chi connectivity index (χ2v) is 6.18. The summed E-state index contributed by atoms with van der Waals surface area (Å²) in [6.45, 7) is 9.75. The van der Waals surface area contributed by atoms with Crippen LogP contribution in [0.5, 0.6) is 0 Å². The number of hydrogen-bond donors (Lipinski definition) is 0. The molecule has 0 amide bonds. The van der Waals surface area contributed by atoms with Crippen molar-refractivity contribution in [1.29, 1.82) is 0 Å². The fourth-order valence-corrected chi connectivity index (χ4v) is 3.88. The number of hydrogen-bond acceptors (Lipinski definition) is 1. The van der Waals surface area contributed by atoms with Gasteiger partial charge in [0.25, 0.3) is 0 Å². The third kappa shape index (κ3) is 2.65. The van der Waals surface area contributed by atoms with Crippen LogP contribution in [0.2, 0.25) is 0 Å². The van der Waals surface area contributed by atoms with Gasteiger partial charge in [-0.25, -0.2) is 0 Å². The van der Waals surface area contributed by atoms with Crippen LogP contribution in [-0.4, -0.2) is 24.3 Å². The van der Waals surface area contributed by atoms with Gasteiger partial charge >= 0.3 is 0 Å². The summed E-state index contributed by atoms with van der Waals surface area (Å²) < 4.78 is 0. The third-order valence-electron chi connectivity index (χ3n) is 2.63.